The van der Waals surface area contributed by atoms with Crippen molar-refractivity contribution in [2.45, 2.75) is 39.7 Å². The van der Waals surface area contributed by atoms with Gasteiger partial charge in [-0.25, -0.2) is 0 Å². The zero-order chi connectivity index (χ0) is 20.0. The van der Waals surface area contributed by atoms with E-state index in [-0.39, 0.29) is 22.7 Å². The van der Waals surface area contributed by atoms with Crippen LogP contribution >= 0.6 is 11.6 Å². The molecule has 2 aromatic rings. The third kappa shape index (κ3) is 4.47. The maximum Gasteiger partial charge on any atom is 0.281 e. The molecule has 0 aliphatic heterocycles. The van der Waals surface area contributed by atoms with E-state index in [2.05, 4.69) is 10.2 Å². The summed E-state index contributed by atoms with van der Waals surface area (Å²) < 4.78 is 6.39. The Labute approximate surface area is 162 Å². The van der Waals surface area contributed by atoms with Crippen molar-refractivity contribution in [1.29, 1.82) is 5.26 Å². The summed E-state index contributed by atoms with van der Waals surface area (Å²) in [7, 11) is 1.49. The highest BCUT2D eigenvalue weighted by Gasteiger charge is 2.19. The smallest absolute Gasteiger partial charge is 0.281 e. The second-order valence-electron chi connectivity index (χ2n) is 5.96. The highest BCUT2D eigenvalue weighted by molar-refractivity contribution is 6.30. The Morgan fingerprint density at radius 2 is 2.07 bits per heavy atom. The van der Waals surface area contributed by atoms with Crippen molar-refractivity contribution >= 4 is 23.0 Å². The molecule has 1 aromatic heterocycles. The van der Waals surface area contributed by atoms with E-state index in [9.17, 15) is 15.2 Å². The van der Waals surface area contributed by atoms with Crippen LogP contribution in [-0.2, 0) is 6.54 Å². The van der Waals surface area contributed by atoms with E-state index in [1.165, 1.54) is 11.7 Å². The molecule has 142 valence electrons. The summed E-state index contributed by atoms with van der Waals surface area (Å²) in [5, 5.41) is 28.3. The molecule has 0 unspecified atom stereocenters. The number of nitriles is 1. The zero-order valence-corrected chi connectivity index (χ0v) is 16.2. The van der Waals surface area contributed by atoms with Crippen molar-refractivity contribution in [2.75, 3.05) is 7.11 Å². The number of hydrogen-bond acceptors (Lipinski definition) is 6. The van der Waals surface area contributed by atoms with E-state index < -0.39 is 5.56 Å². The minimum absolute atomic E-state index is 0.00266. The molecule has 0 spiro atoms. The van der Waals surface area contributed by atoms with Gasteiger partial charge in [0.25, 0.3) is 5.56 Å². The monoisotopic (exact) mass is 388 g/mol. The standard InChI is InChI=1S/C19H21ClN4O3/c1-4-5-6-9-24-18(25)14(11-21)12(2)17(19(24)26)23-22-15-10-13(20)7-8-16(15)27-3/h7-8,10,25H,4-6,9H2,1-3H3. The predicted molar refractivity (Wildman–Crippen MR) is 104 cm³/mol. The van der Waals surface area contributed by atoms with Crippen LogP contribution in [0, 0.1) is 18.3 Å². The number of rotatable bonds is 7. The van der Waals surface area contributed by atoms with Gasteiger partial charge in [0, 0.05) is 17.1 Å². The molecule has 0 radical (unpaired) electrons. The van der Waals surface area contributed by atoms with Gasteiger partial charge in [0.2, 0.25) is 5.88 Å². The van der Waals surface area contributed by atoms with Gasteiger partial charge >= 0.3 is 0 Å². The summed E-state index contributed by atoms with van der Waals surface area (Å²) in [6, 6.07) is 6.79. The molecule has 0 saturated heterocycles. The van der Waals surface area contributed by atoms with Gasteiger partial charge in [-0.2, -0.15) is 5.26 Å². The summed E-state index contributed by atoms with van der Waals surface area (Å²) in [5.41, 5.74) is 0.148. The molecule has 8 heteroatoms. The average Bonchev–Trinajstić information content (AvgIpc) is 2.65. The van der Waals surface area contributed by atoms with Crippen LogP contribution in [0.2, 0.25) is 5.02 Å². The quantitative estimate of drug-likeness (QED) is 0.532. The van der Waals surface area contributed by atoms with Crippen molar-refractivity contribution in [3.8, 4) is 17.7 Å². The number of aromatic hydroxyl groups is 1. The lowest BCUT2D eigenvalue weighted by Crippen LogP contribution is -2.22. The molecule has 0 atom stereocenters. The van der Waals surface area contributed by atoms with Crippen molar-refractivity contribution in [3.05, 3.63) is 44.7 Å². The van der Waals surface area contributed by atoms with Crippen LogP contribution < -0.4 is 10.3 Å². The Kier molecular flexibility index (Phi) is 6.97. The van der Waals surface area contributed by atoms with Crippen LogP contribution in [0.4, 0.5) is 11.4 Å². The Balaban J connectivity index is 2.56. The molecule has 0 saturated carbocycles. The van der Waals surface area contributed by atoms with Gasteiger partial charge in [-0.15, -0.1) is 10.2 Å². The molecular weight excluding hydrogens is 368 g/mol. The number of azo groups is 1. The largest absolute Gasteiger partial charge is 0.494 e. The molecule has 0 amide bonds. The maximum absolute atomic E-state index is 12.8. The van der Waals surface area contributed by atoms with Crippen molar-refractivity contribution < 1.29 is 9.84 Å². The van der Waals surface area contributed by atoms with Crippen LogP contribution in [0.1, 0.15) is 37.3 Å². The van der Waals surface area contributed by atoms with Gasteiger partial charge in [-0.05, 0) is 31.5 Å². The Bertz CT molecular complexity index is 961. The number of nitrogens with zero attached hydrogens (tertiary/aromatic N) is 4. The van der Waals surface area contributed by atoms with Crippen molar-refractivity contribution in [2.24, 2.45) is 10.2 Å². The Morgan fingerprint density at radius 1 is 1.33 bits per heavy atom. The number of hydrogen-bond donors (Lipinski definition) is 1. The molecule has 2 rings (SSSR count). The van der Waals surface area contributed by atoms with E-state index in [1.807, 2.05) is 13.0 Å². The number of methoxy groups -OCH3 is 1. The lowest BCUT2D eigenvalue weighted by Gasteiger charge is -2.12. The molecule has 0 aliphatic rings. The molecule has 1 aromatic carbocycles. The first kappa shape index (κ1) is 20.5. The van der Waals surface area contributed by atoms with Gasteiger partial charge in [-0.1, -0.05) is 31.4 Å². The van der Waals surface area contributed by atoms with E-state index in [0.717, 1.165) is 12.8 Å². The van der Waals surface area contributed by atoms with E-state index in [0.29, 0.717) is 29.4 Å². The number of unbranched alkanes of at least 4 members (excludes halogenated alkanes) is 2. The van der Waals surface area contributed by atoms with Gasteiger partial charge < -0.3 is 9.84 Å². The average molecular weight is 389 g/mol. The Morgan fingerprint density at radius 3 is 2.70 bits per heavy atom. The van der Waals surface area contributed by atoms with Crippen LogP contribution in [-0.4, -0.2) is 16.8 Å². The lowest BCUT2D eigenvalue weighted by atomic mass is 10.1. The molecule has 0 bridgehead atoms. The second kappa shape index (κ2) is 9.19. The van der Waals surface area contributed by atoms with E-state index in [4.69, 9.17) is 16.3 Å². The van der Waals surface area contributed by atoms with Crippen LogP contribution in [0.25, 0.3) is 0 Å². The zero-order valence-electron chi connectivity index (χ0n) is 15.5. The maximum atomic E-state index is 12.8. The fourth-order valence-corrected chi connectivity index (χ4v) is 2.80. The van der Waals surface area contributed by atoms with Crippen molar-refractivity contribution in [3.63, 3.8) is 0 Å². The Hall–Kier alpha value is -2.85. The number of pyridine rings is 1. The third-order valence-corrected chi connectivity index (χ3v) is 4.39. The van der Waals surface area contributed by atoms with Crippen molar-refractivity contribution in [1.82, 2.24) is 4.57 Å². The fourth-order valence-electron chi connectivity index (χ4n) is 2.63. The summed E-state index contributed by atoms with van der Waals surface area (Å²) in [6.45, 7) is 3.90. The number of ether oxygens (including phenoxy) is 1. The molecular formula is C19H21ClN4O3. The molecule has 27 heavy (non-hydrogen) atoms. The minimum Gasteiger partial charge on any atom is -0.494 e. The summed E-state index contributed by atoms with van der Waals surface area (Å²) in [6.07, 6.45) is 2.57. The topological polar surface area (TPSA) is 100.0 Å². The van der Waals surface area contributed by atoms with Gasteiger partial charge in [0.05, 0.1) is 7.11 Å². The predicted octanol–water partition coefficient (Wildman–Crippen LogP) is 5.00. The highest BCUT2D eigenvalue weighted by Crippen LogP contribution is 2.33. The molecule has 0 fully saturated rings. The third-order valence-electron chi connectivity index (χ3n) is 4.15. The number of aromatic nitrogens is 1. The van der Waals surface area contributed by atoms with Crippen LogP contribution in [0.3, 0.4) is 0 Å². The summed E-state index contributed by atoms with van der Waals surface area (Å²) in [4.78, 5) is 12.8. The second-order valence-corrected chi connectivity index (χ2v) is 6.40. The summed E-state index contributed by atoms with van der Waals surface area (Å²) >= 11 is 5.98. The molecule has 1 heterocycles. The number of halogens is 1. The first-order chi connectivity index (χ1) is 12.9. The molecule has 1 N–H and O–H groups in total. The SMILES string of the molecule is CCCCCn1c(O)c(C#N)c(C)c(N=Nc2cc(Cl)ccc2OC)c1=O. The number of benzene rings is 1. The highest BCUT2D eigenvalue weighted by atomic mass is 35.5. The van der Waals surface area contributed by atoms with E-state index in [1.54, 1.807) is 25.1 Å². The minimum atomic E-state index is -0.496. The van der Waals surface area contributed by atoms with Gasteiger partial charge in [0.1, 0.15) is 23.1 Å². The van der Waals surface area contributed by atoms with Gasteiger partial charge in [0.15, 0.2) is 5.69 Å². The fraction of sp³-hybridized carbons (Fsp3) is 0.368. The van der Waals surface area contributed by atoms with Gasteiger partial charge in [-0.3, -0.25) is 9.36 Å². The normalized spacial score (nSPS) is 10.9. The first-order valence-electron chi connectivity index (χ1n) is 8.56. The lowest BCUT2D eigenvalue weighted by molar-refractivity contribution is 0.398. The van der Waals surface area contributed by atoms with Crippen LogP contribution in [0.15, 0.2) is 33.2 Å². The molecule has 7 nitrogen and oxygen atoms in total. The van der Waals surface area contributed by atoms with E-state index >= 15 is 0 Å². The molecule has 0 aliphatic carbocycles. The summed E-state index contributed by atoms with van der Waals surface area (Å²) in [5.74, 6) is 0.110. The van der Waals surface area contributed by atoms with Crippen LogP contribution in [0.5, 0.6) is 11.6 Å². The first-order valence-corrected chi connectivity index (χ1v) is 8.94.